The SMILES string of the molecule is CC(C)c1cccc(N(N)C(=O)N(C)N)c1COc1ccccn1. The molecule has 0 spiro atoms. The van der Waals surface area contributed by atoms with Crippen molar-refractivity contribution in [2.75, 3.05) is 12.1 Å². The number of benzene rings is 1. The number of ether oxygens (including phenoxy) is 1. The van der Waals surface area contributed by atoms with Crippen molar-refractivity contribution in [2.45, 2.75) is 26.4 Å². The van der Waals surface area contributed by atoms with Gasteiger partial charge in [0.2, 0.25) is 5.88 Å². The van der Waals surface area contributed by atoms with Crippen molar-refractivity contribution in [3.8, 4) is 5.88 Å². The smallest absolute Gasteiger partial charge is 0.352 e. The number of anilines is 1. The van der Waals surface area contributed by atoms with Crippen LogP contribution in [0.3, 0.4) is 0 Å². The van der Waals surface area contributed by atoms with Crippen molar-refractivity contribution >= 4 is 11.7 Å². The fourth-order valence-corrected chi connectivity index (χ4v) is 2.37. The molecule has 0 saturated heterocycles. The minimum Gasteiger partial charge on any atom is -0.473 e. The van der Waals surface area contributed by atoms with Crippen LogP contribution in [0.4, 0.5) is 10.5 Å². The Hall–Kier alpha value is -2.64. The molecule has 0 unspecified atom stereocenters. The number of hydrogen-bond donors (Lipinski definition) is 2. The topological polar surface area (TPSA) is 97.7 Å². The van der Waals surface area contributed by atoms with Gasteiger partial charge < -0.3 is 4.74 Å². The van der Waals surface area contributed by atoms with E-state index in [2.05, 4.69) is 18.8 Å². The minimum absolute atomic E-state index is 0.242. The quantitative estimate of drug-likeness (QED) is 0.498. The van der Waals surface area contributed by atoms with Gasteiger partial charge in [0, 0.05) is 24.9 Å². The summed E-state index contributed by atoms with van der Waals surface area (Å²) in [4.78, 5) is 16.2. The number of nitrogens with two attached hydrogens (primary N) is 2. The molecular formula is C17H23N5O2. The molecule has 128 valence electrons. The molecular weight excluding hydrogens is 306 g/mol. The van der Waals surface area contributed by atoms with E-state index in [9.17, 15) is 4.79 Å². The molecule has 0 aliphatic carbocycles. The van der Waals surface area contributed by atoms with Crippen molar-refractivity contribution in [1.82, 2.24) is 9.99 Å². The van der Waals surface area contributed by atoms with Crippen LogP contribution in [0.5, 0.6) is 5.88 Å². The molecule has 7 heteroatoms. The van der Waals surface area contributed by atoms with Crippen LogP contribution in [-0.4, -0.2) is 23.1 Å². The first-order chi connectivity index (χ1) is 11.4. The van der Waals surface area contributed by atoms with Gasteiger partial charge in [-0.05, 0) is 23.6 Å². The maximum absolute atomic E-state index is 12.1. The van der Waals surface area contributed by atoms with E-state index in [0.29, 0.717) is 11.6 Å². The minimum atomic E-state index is -0.519. The molecule has 0 fully saturated rings. The Morgan fingerprint density at radius 2 is 1.96 bits per heavy atom. The van der Waals surface area contributed by atoms with E-state index in [4.69, 9.17) is 16.4 Å². The summed E-state index contributed by atoms with van der Waals surface area (Å²) in [6, 6.07) is 10.5. The summed E-state index contributed by atoms with van der Waals surface area (Å²) in [6.45, 7) is 4.39. The third-order valence-corrected chi connectivity index (χ3v) is 3.58. The molecule has 0 saturated carbocycles. The van der Waals surface area contributed by atoms with Crippen molar-refractivity contribution in [3.63, 3.8) is 0 Å². The van der Waals surface area contributed by atoms with Gasteiger partial charge in [0.05, 0.1) is 5.69 Å². The van der Waals surface area contributed by atoms with Crippen molar-refractivity contribution in [3.05, 3.63) is 53.7 Å². The fourth-order valence-electron chi connectivity index (χ4n) is 2.37. The first kappa shape index (κ1) is 17.7. The van der Waals surface area contributed by atoms with Gasteiger partial charge in [-0.3, -0.25) is 5.01 Å². The zero-order valence-corrected chi connectivity index (χ0v) is 14.1. The molecule has 2 aromatic rings. The molecule has 2 rings (SSSR count). The van der Waals surface area contributed by atoms with Gasteiger partial charge in [0.25, 0.3) is 0 Å². The highest BCUT2D eigenvalue weighted by atomic mass is 16.5. The molecule has 0 bridgehead atoms. The molecule has 4 N–H and O–H groups in total. The molecule has 24 heavy (non-hydrogen) atoms. The van der Waals surface area contributed by atoms with Crippen LogP contribution in [0.2, 0.25) is 0 Å². The lowest BCUT2D eigenvalue weighted by atomic mass is 9.96. The third-order valence-electron chi connectivity index (χ3n) is 3.58. The summed E-state index contributed by atoms with van der Waals surface area (Å²) in [7, 11) is 1.44. The van der Waals surface area contributed by atoms with Gasteiger partial charge in [0.1, 0.15) is 6.61 Å². The summed E-state index contributed by atoms with van der Waals surface area (Å²) in [5.41, 5.74) is 2.43. The van der Waals surface area contributed by atoms with E-state index in [1.54, 1.807) is 18.3 Å². The largest absolute Gasteiger partial charge is 0.473 e. The number of amides is 2. The van der Waals surface area contributed by atoms with Gasteiger partial charge in [-0.25, -0.2) is 26.5 Å². The lowest BCUT2D eigenvalue weighted by molar-refractivity contribution is 0.216. The molecule has 0 atom stereocenters. The summed E-state index contributed by atoms with van der Waals surface area (Å²) in [5, 5.41) is 1.97. The van der Waals surface area contributed by atoms with E-state index < -0.39 is 6.03 Å². The Balaban J connectivity index is 2.36. The number of carbonyl (C=O) groups excluding carboxylic acids is 1. The second-order valence-electron chi connectivity index (χ2n) is 5.72. The highest BCUT2D eigenvalue weighted by Crippen LogP contribution is 2.29. The molecule has 2 amide bonds. The van der Waals surface area contributed by atoms with Crippen LogP contribution in [0, 0.1) is 0 Å². The predicted molar refractivity (Wildman–Crippen MR) is 93.1 cm³/mol. The van der Waals surface area contributed by atoms with Crippen molar-refractivity contribution in [2.24, 2.45) is 11.7 Å². The van der Waals surface area contributed by atoms with Gasteiger partial charge >= 0.3 is 6.03 Å². The fraction of sp³-hybridized carbons (Fsp3) is 0.294. The Kier molecular flexibility index (Phi) is 5.73. The number of pyridine rings is 1. The maximum atomic E-state index is 12.1. The highest BCUT2D eigenvalue weighted by Gasteiger charge is 2.21. The normalized spacial score (nSPS) is 10.6. The van der Waals surface area contributed by atoms with Crippen LogP contribution in [0.1, 0.15) is 30.9 Å². The van der Waals surface area contributed by atoms with Crippen LogP contribution < -0.4 is 21.4 Å². The molecule has 0 aliphatic rings. The summed E-state index contributed by atoms with van der Waals surface area (Å²) in [6.07, 6.45) is 1.66. The van der Waals surface area contributed by atoms with Crippen LogP contribution >= 0.6 is 0 Å². The first-order valence-corrected chi connectivity index (χ1v) is 7.64. The van der Waals surface area contributed by atoms with Crippen LogP contribution in [0.15, 0.2) is 42.6 Å². The van der Waals surface area contributed by atoms with Gasteiger partial charge in [-0.15, -0.1) is 0 Å². The average molecular weight is 329 g/mol. The number of nitrogens with zero attached hydrogens (tertiary/aromatic N) is 3. The Labute approximate surface area is 141 Å². The number of aromatic nitrogens is 1. The summed E-state index contributed by atoms with van der Waals surface area (Å²) in [5.74, 6) is 12.2. The first-order valence-electron chi connectivity index (χ1n) is 7.64. The number of urea groups is 1. The van der Waals surface area contributed by atoms with Crippen molar-refractivity contribution in [1.29, 1.82) is 0 Å². The zero-order chi connectivity index (χ0) is 17.7. The molecule has 1 aromatic carbocycles. The Bertz CT molecular complexity index is 689. The number of hydrazine groups is 2. The zero-order valence-electron chi connectivity index (χ0n) is 14.1. The Morgan fingerprint density at radius 1 is 1.21 bits per heavy atom. The van der Waals surface area contributed by atoms with E-state index in [1.807, 2.05) is 24.3 Å². The van der Waals surface area contributed by atoms with E-state index in [0.717, 1.165) is 21.1 Å². The lowest BCUT2D eigenvalue weighted by Crippen LogP contribution is -2.49. The summed E-state index contributed by atoms with van der Waals surface area (Å²) >= 11 is 0. The molecule has 1 heterocycles. The lowest BCUT2D eigenvalue weighted by Gasteiger charge is -2.25. The standard InChI is InChI=1S/C17H23N5O2/c1-12(2)13-7-6-8-15(22(19)17(23)21(3)18)14(13)11-24-16-9-4-5-10-20-16/h4-10,12H,11,18-19H2,1-3H3. The highest BCUT2D eigenvalue weighted by molar-refractivity contribution is 5.91. The van der Waals surface area contributed by atoms with E-state index in [-0.39, 0.29) is 12.5 Å². The second kappa shape index (κ2) is 7.76. The van der Waals surface area contributed by atoms with E-state index >= 15 is 0 Å². The van der Waals surface area contributed by atoms with Gasteiger partial charge in [-0.2, -0.15) is 0 Å². The molecule has 1 aromatic heterocycles. The number of carbonyl (C=O) groups is 1. The van der Waals surface area contributed by atoms with Crippen LogP contribution in [-0.2, 0) is 6.61 Å². The van der Waals surface area contributed by atoms with E-state index in [1.165, 1.54) is 7.05 Å². The van der Waals surface area contributed by atoms with Gasteiger partial charge in [0.15, 0.2) is 0 Å². The Morgan fingerprint density at radius 3 is 2.54 bits per heavy atom. The van der Waals surface area contributed by atoms with Crippen molar-refractivity contribution < 1.29 is 9.53 Å². The molecule has 0 radical (unpaired) electrons. The second-order valence-corrected chi connectivity index (χ2v) is 5.72. The maximum Gasteiger partial charge on any atom is 0.352 e. The average Bonchev–Trinajstić information content (AvgIpc) is 2.59. The van der Waals surface area contributed by atoms with Gasteiger partial charge in [-0.1, -0.05) is 32.0 Å². The number of hydrogen-bond acceptors (Lipinski definition) is 5. The van der Waals surface area contributed by atoms with Crippen LogP contribution in [0.25, 0.3) is 0 Å². The predicted octanol–water partition coefficient (Wildman–Crippen LogP) is 2.39. The third kappa shape index (κ3) is 4.01. The summed E-state index contributed by atoms with van der Waals surface area (Å²) < 4.78 is 5.76. The number of rotatable bonds is 5. The monoisotopic (exact) mass is 329 g/mol. The molecule has 0 aliphatic heterocycles. The molecule has 7 nitrogen and oxygen atoms in total.